The number of hydrogen-bond acceptors (Lipinski definition) is 2. The molecule has 2 aliphatic rings. The molecular weight excluding hydrogens is 232 g/mol. The molecule has 2 nitrogen and oxygen atoms in total. The van der Waals surface area contributed by atoms with Crippen LogP contribution in [-0.2, 0) is 0 Å². The van der Waals surface area contributed by atoms with Gasteiger partial charge in [0.1, 0.15) is 0 Å². The van der Waals surface area contributed by atoms with Gasteiger partial charge < -0.3 is 5.32 Å². The van der Waals surface area contributed by atoms with E-state index in [-0.39, 0.29) is 0 Å². The van der Waals surface area contributed by atoms with Crippen molar-refractivity contribution in [3.63, 3.8) is 0 Å². The summed E-state index contributed by atoms with van der Waals surface area (Å²) in [6.07, 6.45) is 11.5. The van der Waals surface area contributed by atoms with Gasteiger partial charge in [0.15, 0.2) is 0 Å². The van der Waals surface area contributed by atoms with Crippen LogP contribution in [0, 0.1) is 5.41 Å². The first kappa shape index (κ1) is 15.3. The maximum absolute atomic E-state index is 3.79. The van der Waals surface area contributed by atoms with E-state index in [1.54, 1.807) is 0 Å². The maximum Gasteiger partial charge on any atom is 0.0333 e. The topological polar surface area (TPSA) is 15.3 Å². The van der Waals surface area contributed by atoms with Gasteiger partial charge in [-0.15, -0.1) is 0 Å². The third kappa shape index (κ3) is 4.46. The normalized spacial score (nSPS) is 25.4. The third-order valence-corrected chi connectivity index (χ3v) is 4.92. The van der Waals surface area contributed by atoms with E-state index in [0.29, 0.717) is 11.0 Å². The zero-order chi connectivity index (χ0) is 13.8. The summed E-state index contributed by atoms with van der Waals surface area (Å²) in [4.78, 5) is 2.84. The lowest BCUT2D eigenvalue weighted by Gasteiger charge is -2.49. The van der Waals surface area contributed by atoms with E-state index >= 15 is 0 Å². The van der Waals surface area contributed by atoms with E-state index in [4.69, 9.17) is 0 Å². The Kier molecular flexibility index (Phi) is 5.30. The number of likely N-dealkylation sites (tertiary alicyclic amines) is 1. The second-order valence-corrected chi connectivity index (χ2v) is 8.00. The van der Waals surface area contributed by atoms with Crippen LogP contribution in [0.15, 0.2) is 0 Å². The van der Waals surface area contributed by atoms with Crippen molar-refractivity contribution in [2.75, 3.05) is 26.2 Å². The van der Waals surface area contributed by atoms with Gasteiger partial charge in [0.05, 0.1) is 0 Å². The highest BCUT2D eigenvalue weighted by Crippen LogP contribution is 2.35. The van der Waals surface area contributed by atoms with E-state index in [1.165, 1.54) is 71.0 Å². The Labute approximate surface area is 120 Å². The SMILES string of the molecule is CC(C)(C)CNCC1(N2CCCCC2)CCCCC1. The standard InChI is InChI=1S/C17H34N2/c1-16(2,3)14-18-15-17(10-6-4-7-11-17)19-12-8-5-9-13-19/h18H,4-15H2,1-3H3. The first-order chi connectivity index (χ1) is 9.02. The molecule has 1 saturated carbocycles. The number of piperidine rings is 1. The monoisotopic (exact) mass is 266 g/mol. The summed E-state index contributed by atoms with van der Waals surface area (Å²) in [5.41, 5.74) is 0.891. The Bertz CT molecular complexity index is 255. The molecule has 0 radical (unpaired) electrons. The van der Waals surface area contributed by atoms with Crippen molar-refractivity contribution in [1.29, 1.82) is 0 Å². The quantitative estimate of drug-likeness (QED) is 0.832. The molecule has 0 bridgehead atoms. The average molecular weight is 266 g/mol. The predicted octanol–water partition coefficient (Wildman–Crippen LogP) is 3.81. The fraction of sp³-hybridized carbons (Fsp3) is 1.00. The van der Waals surface area contributed by atoms with Crippen molar-refractivity contribution in [3.8, 4) is 0 Å². The Morgan fingerprint density at radius 2 is 1.47 bits per heavy atom. The third-order valence-electron chi connectivity index (χ3n) is 4.92. The van der Waals surface area contributed by atoms with Crippen LogP contribution in [0.25, 0.3) is 0 Å². The molecule has 0 aromatic rings. The minimum Gasteiger partial charge on any atom is -0.314 e. The van der Waals surface area contributed by atoms with Gasteiger partial charge in [-0.3, -0.25) is 4.90 Å². The molecule has 1 heterocycles. The van der Waals surface area contributed by atoms with Crippen molar-refractivity contribution >= 4 is 0 Å². The Hall–Kier alpha value is -0.0800. The van der Waals surface area contributed by atoms with Gasteiger partial charge in [0.25, 0.3) is 0 Å². The zero-order valence-electron chi connectivity index (χ0n) is 13.4. The molecule has 1 saturated heterocycles. The summed E-state index contributed by atoms with van der Waals surface area (Å²) in [5, 5.41) is 3.79. The van der Waals surface area contributed by atoms with Gasteiger partial charge in [0, 0.05) is 18.6 Å². The minimum absolute atomic E-state index is 0.401. The Morgan fingerprint density at radius 1 is 0.895 bits per heavy atom. The summed E-state index contributed by atoms with van der Waals surface area (Å²) >= 11 is 0. The van der Waals surface area contributed by atoms with Crippen LogP contribution >= 0.6 is 0 Å². The van der Waals surface area contributed by atoms with Crippen LogP contribution in [0.4, 0.5) is 0 Å². The lowest BCUT2D eigenvalue weighted by molar-refractivity contribution is 0.0321. The number of nitrogens with one attached hydrogen (secondary N) is 1. The Balaban J connectivity index is 1.93. The second kappa shape index (κ2) is 6.58. The first-order valence-corrected chi connectivity index (χ1v) is 8.48. The van der Waals surface area contributed by atoms with Crippen LogP contribution in [0.2, 0.25) is 0 Å². The highest BCUT2D eigenvalue weighted by molar-refractivity contribution is 4.96. The molecule has 0 amide bonds. The van der Waals surface area contributed by atoms with Crippen LogP contribution in [0.3, 0.4) is 0 Å². The molecule has 0 unspecified atom stereocenters. The molecule has 2 heteroatoms. The highest BCUT2D eigenvalue weighted by Gasteiger charge is 2.38. The predicted molar refractivity (Wildman–Crippen MR) is 83.6 cm³/mol. The van der Waals surface area contributed by atoms with Gasteiger partial charge in [-0.05, 0) is 44.2 Å². The molecule has 1 N–H and O–H groups in total. The largest absolute Gasteiger partial charge is 0.314 e. The molecule has 0 atom stereocenters. The van der Waals surface area contributed by atoms with Gasteiger partial charge in [-0.1, -0.05) is 46.5 Å². The number of rotatable bonds is 4. The van der Waals surface area contributed by atoms with Gasteiger partial charge >= 0.3 is 0 Å². The van der Waals surface area contributed by atoms with Crippen molar-refractivity contribution < 1.29 is 0 Å². The molecule has 112 valence electrons. The summed E-state index contributed by atoms with van der Waals surface area (Å²) in [6.45, 7) is 12.0. The molecule has 2 rings (SSSR count). The van der Waals surface area contributed by atoms with Gasteiger partial charge in [-0.2, -0.15) is 0 Å². The van der Waals surface area contributed by atoms with Crippen LogP contribution < -0.4 is 5.32 Å². The van der Waals surface area contributed by atoms with Crippen LogP contribution in [-0.4, -0.2) is 36.6 Å². The van der Waals surface area contributed by atoms with Crippen molar-refractivity contribution in [2.45, 2.75) is 77.7 Å². The van der Waals surface area contributed by atoms with Crippen LogP contribution in [0.5, 0.6) is 0 Å². The summed E-state index contributed by atoms with van der Waals surface area (Å²) < 4.78 is 0. The summed E-state index contributed by atoms with van der Waals surface area (Å²) in [6, 6.07) is 0. The minimum atomic E-state index is 0.401. The molecule has 1 aliphatic carbocycles. The summed E-state index contributed by atoms with van der Waals surface area (Å²) in [7, 11) is 0. The van der Waals surface area contributed by atoms with Crippen molar-refractivity contribution in [3.05, 3.63) is 0 Å². The highest BCUT2D eigenvalue weighted by atomic mass is 15.2. The van der Waals surface area contributed by atoms with E-state index in [0.717, 1.165) is 6.54 Å². The fourth-order valence-corrected chi connectivity index (χ4v) is 3.85. The van der Waals surface area contributed by atoms with E-state index < -0.39 is 0 Å². The average Bonchev–Trinajstić information content (AvgIpc) is 2.39. The Morgan fingerprint density at radius 3 is 2.05 bits per heavy atom. The molecule has 19 heavy (non-hydrogen) atoms. The fourth-order valence-electron chi connectivity index (χ4n) is 3.85. The van der Waals surface area contributed by atoms with Crippen molar-refractivity contribution in [1.82, 2.24) is 10.2 Å². The lowest BCUT2D eigenvalue weighted by atomic mass is 9.79. The number of hydrogen-bond donors (Lipinski definition) is 1. The lowest BCUT2D eigenvalue weighted by Crippen LogP contribution is -2.58. The van der Waals surface area contributed by atoms with Gasteiger partial charge in [-0.25, -0.2) is 0 Å². The van der Waals surface area contributed by atoms with Crippen molar-refractivity contribution in [2.24, 2.45) is 5.41 Å². The molecular formula is C17H34N2. The molecule has 1 aliphatic heterocycles. The van der Waals surface area contributed by atoms with Gasteiger partial charge in [0.2, 0.25) is 0 Å². The van der Waals surface area contributed by atoms with E-state index in [1.807, 2.05) is 0 Å². The van der Waals surface area contributed by atoms with Crippen LogP contribution in [0.1, 0.15) is 72.1 Å². The van der Waals surface area contributed by atoms with E-state index in [2.05, 4.69) is 31.0 Å². The maximum atomic E-state index is 3.79. The number of nitrogens with zero attached hydrogens (tertiary/aromatic N) is 1. The second-order valence-electron chi connectivity index (χ2n) is 8.00. The first-order valence-electron chi connectivity index (χ1n) is 8.48. The molecule has 0 aromatic carbocycles. The zero-order valence-corrected chi connectivity index (χ0v) is 13.4. The molecule has 0 spiro atoms. The molecule has 2 fully saturated rings. The summed E-state index contributed by atoms with van der Waals surface area (Å²) in [5.74, 6) is 0. The smallest absolute Gasteiger partial charge is 0.0333 e. The molecule has 0 aromatic heterocycles. The van der Waals surface area contributed by atoms with E-state index in [9.17, 15) is 0 Å².